The molecule has 0 aliphatic heterocycles. The maximum absolute atomic E-state index is 5.32. The predicted octanol–water partition coefficient (Wildman–Crippen LogP) is 3.83. The molecule has 1 N–H and O–H groups in total. The summed E-state index contributed by atoms with van der Waals surface area (Å²) in [5, 5.41) is 3.32. The van der Waals surface area contributed by atoms with Gasteiger partial charge in [0.15, 0.2) is 0 Å². The molecule has 0 heterocycles. The third-order valence-corrected chi connectivity index (χ3v) is 2.93. The zero-order valence-electron chi connectivity index (χ0n) is 11.8. The maximum atomic E-state index is 5.32. The Hall–Kier alpha value is -2.42. The second kappa shape index (κ2) is 7.24. The number of ether oxygens (including phenoxy) is 2. The van der Waals surface area contributed by atoms with E-state index in [-0.39, 0.29) is 0 Å². The van der Waals surface area contributed by atoms with Crippen LogP contribution < -0.4 is 14.8 Å². The lowest BCUT2D eigenvalue weighted by molar-refractivity contribution is 0.404. The van der Waals surface area contributed by atoms with E-state index in [1.807, 2.05) is 36.4 Å². The van der Waals surface area contributed by atoms with Crippen LogP contribution in [-0.4, -0.2) is 20.8 Å². The van der Waals surface area contributed by atoms with Gasteiger partial charge in [-0.15, -0.1) is 0 Å². The van der Waals surface area contributed by atoms with Crippen molar-refractivity contribution in [1.82, 2.24) is 0 Å². The zero-order chi connectivity index (χ0) is 14.2. The van der Waals surface area contributed by atoms with Crippen molar-refractivity contribution in [2.75, 3.05) is 26.1 Å². The van der Waals surface area contributed by atoms with Crippen LogP contribution in [0.25, 0.3) is 6.08 Å². The van der Waals surface area contributed by atoms with Crippen LogP contribution in [0.1, 0.15) is 5.56 Å². The van der Waals surface area contributed by atoms with Gasteiger partial charge in [-0.05, 0) is 17.7 Å². The van der Waals surface area contributed by atoms with E-state index in [2.05, 4.69) is 29.6 Å². The first-order valence-corrected chi connectivity index (χ1v) is 6.51. The highest BCUT2D eigenvalue weighted by atomic mass is 16.5. The molecule has 0 fully saturated rings. The first-order valence-electron chi connectivity index (χ1n) is 6.51. The smallest absolute Gasteiger partial charge is 0.142 e. The molecule has 20 heavy (non-hydrogen) atoms. The Kier molecular flexibility index (Phi) is 5.07. The summed E-state index contributed by atoms with van der Waals surface area (Å²) in [6.07, 6.45) is 4.16. The van der Waals surface area contributed by atoms with E-state index in [0.717, 1.165) is 23.7 Å². The van der Waals surface area contributed by atoms with Crippen molar-refractivity contribution in [3.8, 4) is 11.5 Å². The minimum Gasteiger partial charge on any atom is -0.497 e. The van der Waals surface area contributed by atoms with Gasteiger partial charge >= 0.3 is 0 Å². The molecule has 0 atom stereocenters. The Morgan fingerprint density at radius 1 is 1.00 bits per heavy atom. The summed E-state index contributed by atoms with van der Waals surface area (Å²) in [5.74, 6) is 1.61. The Balaban J connectivity index is 1.98. The summed E-state index contributed by atoms with van der Waals surface area (Å²) in [5.41, 5.74) is 2.11. The molecule has 3 nitrogen and oxygen atoms in total. The topological polar surface area (TPSA) is 30.5 Å². The molecular formula is C17H19NO2. The van der Waals surface area contributed by atoms with Gasteiger partial charge < -0.3 is 14.8 Å². The molecule has 0 radical (unpaired) electrons. The Morgan fingerprint density at radius 2 is 1.80 bits per heavy atom. The molecule has 0 amide bonds. The fourth-order valence-electron chi connectivity index (χ4n) is 1.88. The highest BCUT2D eigenvalue weighted by molar-refractivity contribution is 5.60. The van der Waals surface area contributed by atoms with E-state index in [1.54, 1.807) is 14.2 Å². The van der Waals surface area contributed by atoms with E-state index < -0.39 is 0 Å². The van der Waals surface area contributed by atoms with Crippen molar-refractivity contribution in [1.29, 1.82) is 0 Å². The minimum atomic E-state index is 0.721. The fraction of sp³-hybridized carbons (Fsp3) is 0.176. The van der Waals surface area contributed by atoms with Crippen molar-refractivity contribution >= 4 is 11.8 Å². The highest BCUT2D eigenvalue weighted by Crippen LogP contribution is 2.28. The molecule has 0 aliphatic carbocycles. The lowest BCUT2D eigenvalue weighted by Gasteiger charge is -2.11. The fourth-order valence-corrected chi connectivity index (χ4v) is 1.88. The number of hydrogen-bond donors (Lipinski definition) is 1. The third-order valence-electron chi connectivity index (χ3n) is 2.93. The van der Waals surface area contributed by atoms with Crippen LogP contribution in [0.3, 0.4) is 0 Å². The Labute approximate surface area is 119 Å². The number of rotatable bonds is 6. The van der Waals surface area contributed by atoms with Crippen molar-refractivity contribution in [2.45, 2.75) is 0 Å². The molecule has 0 spiro atoms. The highest BCUT2D eigenvalue weighted by Gasteiger charge is 2.03. The van der Waals surface area contributed by atoms with Gasteiger partial charge in [0.1, 0.15) is 11.5 Å². The zero-order valence-corrected chi connectivity index (χ0v) is 11.8. The molecule has 3 heteroatoms. The third kappa shape index (κ3) is 3.79. The van der Waals surface area contributed by atoms with Crippen molar-refractivity contribution < 1.29 is 9.47 Å². The van der Waals surface area contributed by atoms with Crippen molar-refractivity contribution in [2.24, 2.45) is 0 Å². The lowest BCUT2D eigenvalue weighted by atomic mass is 10.2. The van der Waals surface area contributed by atoms with Gasteiger partial charge in [-0.1, -0.05) is 42.5 Å². The predicted molar refractivity (Wildman–Crippen MR) is 83.5 cm³/mol. The van der Waals surface area contributed by atoms with E-state index in [1.165, 1.54) is 5.56 Å². The first-order chi connectivity index (χ1) is 9.83. The number of nitrogens with one attached hydrogen (secondary N) is 1. The molecule has 2 aromatic rings. The standard InChI is InChI=1S/C17H19NO2/c1-19-15-10-11-17(20-2)16(13-15)18-12-6-9-14-7-4-3-5-8-14/h3-11,13,18H,12H2,1-2H3. The van der Waals surface area contributed by atoms with E-state index in [9.17, 15) is 0 Å². The van der Waals surface area contributed by atoms with Crippen LogP contribution >= 0.6 is 0 Å². The molecule has 0 aliphatic rings. The Bertz CT molecular complexity index is 564. The van der Waals surface area contributed by atoms with Crippen LogP contribution in [0.4, 0.5) is 5.69 Å². The summed E-state index contributed by atoms with van der Waals surface area (Å²) >= 11 is 0. The van der Waals surface area contributed by atoms with Gasteiger partial charge in [0, 0.05) is 12.6 Å². The summed E-state index contributed by atoms with van der Waals surface area (Å²) < 4.78 is 10.5. The van der Waals surface area contributed by atoms with Gasteiger partial charge in [-0.25, -0.2) is 0 Å². The normalized spacial score (nSPS) is 10.5. The molecule has 0 saturated carbocycles. The van der Waals surface area contributed by atoms with Crippen molar-refractivity contribution in [3.63, 3.8) is 0 Å². The van der Waals surface area contributed by atoms with E-state index >= 15 is 0 Å². The molecule has 0 aromatic heterocycles. The van der Waals surface area contributed by atoms with Gasteiger partial charge in [-0.2, -0.15) is 0 Å². The summed E-state index contributed by atoms with van der Waals surface area (Å²) in [4.78, 5) is 0. The van der Waals surface area contributed by atoms with Crippen LogP contribution in [0.2, 0.25) is 0 Å². The van der Waals surface area contributed by atoms with Crippen LogP contribution in [0.5, 0.6) is 11.5 Å². The largest absolute Gasteiger partial charge is 0.497 e. The second-order valence-electron chi connectivity index (χ2n) is 4.26. The molecule has 104 valence electrons. The minimum absolute atomic E-state index is 0.721. The molecule has 0 saturated heterocycles. The van der Waals surface area contributed by atoms with Gasteiger partial charge in [0.2, 0.25) is 0 Å². The number of anilines is 1. The van der Waals surface area contributed by atoms with Gasteiger partial charge in [-0.3, -0.25) is 0 Å². The average molecular weight is 269 g/mol. The van der Waals surface area contributed by atoms with Gasteiger partial charge in [0.05, 0.1) is 19.9 Å². The lowest BCUT2D eigenvalue weighted by Crippen LogP contribution is -2.01. The number of methoxy groups -OCH3 is 2. The average Bonchev–Trinajstić information content (AvgIpc) is 2.52. The SMILES string of the molecule is COc1ccc(OC)c(NCC=Cc2ccccc2)c1. The second-order valence-corrected chi connectivity index (χ2v) is 4.26. The number of benzene rings is 2. The molecule has 0 unspecified atom stereocenters. The van der Waals surface area contributed by atoms with Crippen LogP contribution in [0.15, 0.2) is 54.6 Å². The van der Waals surface area contributed by atoms with E-state index in [4.69, 9.17) is 9.47 Å². The van der Waals surface area contributed by atoms with Crippen LogP contribution in [0, 0.1) is 0 Å². The maximum Gasteiger partial charge on any atom is 0.142 e. The Morgan fingerprint density at radius 3 is 2.50 bits per heavy atom. The number of hydrogen-bond acceptors (Lipinski definition) is 3. The summed E-state index contributed by atoms with van der Waals surface area (Å²) in [6, 6.07) is 15.9. The van der Waals surface area contributed by atoms with E-state index in [0.29, 0.717) is 0 Å². The monoisotopic (exact) mass is 269 g/mol. The summed E-state index contributed by atoms with van der Waals surface area (Å²) in [7, 11) is 3.31. The quantitative estimate of drug-likeness (QED) is 0.864. The molecule has 2 aromatic carbocycles. The molecule has 2 rings (SSSR count). The van der Waals surface area contributed by atoms with Crippen molar-refractivity contribution in [3.05, 3.63) is 60.2 Å². The van der Waals surface area contributed by atoms with Gasteiger partial charge in [0.25, 0.3) is 0 Å². The molecule has 0 bridgehead atoms. The summed E-state index contributed by atoms with van der Waals surface area (Å²) in [6.45, 7) is 0.721. The first kappa shape index (κ1) is 14.0. The molecular weight excluding hydrogens is 250 g/mol. The van der Waals surface area contributed by atoms with Crippen LogP contribution in [-0.2, 0) is 0 Å².